The van der Waals surface area contributed by atoms with Crippen molar-refractivity contribution >= 4 is 11.7 Å². The first-order valence-electron chi connectivity index (χ1n) is 8.06. The van der Waals surface area contributed by atoms with E-state index in [0.29, 0.717) is 18.2 Å². The second-order valence-electron chi connectivity index (χ2n) is 6.64. The van der Waals surface area contributed by atoms with Crippen molar-refractivity contribution in [1.82, 2.24) is 14.8 Å². The summed E-state index contributed by atoms with van der Waals surface area (Å²) < 4.78 is 1.87. The third kappa shape index (κ3) is 2.19. The molecule has 0 bridgehead atoms. The fourth-order valence-electron chi connectivity index (χ4n) is 3.69. The van der Waals surface area contributed by atoms with Gasteiger partial charge in [0.25, 0.3) is 0 Å². The zero-order valence-corrected chi connectivity index (χ0v) is 13.6. The lowest BCUT2D eigenvalue weighted by Crippen LogP contribution is -2.33. The molecule has 23 heavy (non-hydrogen) atoms. The molecule has 0 saturated heterocycles. The molecule has 2 atom stereocenters. The van der Waals surface area contributed by atoms with Crippen LogP contribution in [0, 0.1) is 19.8 Å². The van der Waals surface area contributed by atoms with E-state index in [0.717, 1.165) is 34.8 Å². The zero-order chi connectivity index (χ0) is 16.1. The van der Waals surface area contributed by atoms with Crippen LogP contribution in [-0.2, 0) is 4.79 Å². The molecule has 2 heterocycles. The Hall–Kier alpha value is -2.43. The second-order valence-corrected chi connectivity index (χ2v) is 6.64. The Morgan fingerprint density at radius 1 is 1.22 bits per heavy atom. The van der Waals surface area contributed by atoms with Gasteiger partial charge in [-0.3, -0.25) is 4.79 Å². The number of hydrogen-bond acceptors (Lipinski definition) is 4. The number of anilines is 1. The van der Waals surface area contributed by atoms with Gasteiger partial charge in [0.05, 0.1) is 0 Å². The fraction of sp³-hybridized carbons (Fsp3) is 0.389. The van der Waals surface area contributed by atoms with Crippen LogP contribution in [0.4, 0.5) is 5.95 Å². The zero-order valence-electron chi connectivity index (χ0n) is 13.6. The smallest absolute Gasteiger partial charge is 0.226 e. The number of carbonyl (C=O) groups excluding carboxylic acids is 1. The minimum absolute atomic E-state index is 0.177. The normalized spacial score (nSPS) is 23.3. The Balaban J connectivity index is 1.95. The summed E-state index contributed by atoms with van der Waals surface area (Å²) in [6.07, 6.45) is 1.49. The topological polar surface area (TPSA) is 59.8 Å². The van der Waals surface area contributed by atoms with Gasteiger partial charge in [0.2, 0.25) is 5.95 Å². The van der Waals surface area contributed by atoms with E-state index in [1.54, 1.807) is 0 Å². The van der Waals surface area contributed by atoms with Crippen molar-refractivity contribution in [2.45, 2.75) is 39.7 Å². The molecule has 1 aliphatic heterocycles. The van der Waals surface area contributed by atoms with E-state index in [2.05, 4.69) is 41.4 Å². The van der Waals surface area contributed by atoms with Gasteiger partial charge in [-0.25, -0.2) is 4.68 Å². The number of aromatic nitrogens is 3. The molecule has 1 aromatic carbocycles. The number of benzene rings is 1. The molecule has 0 amide bonds. The molecular formula is C18H20N4O. The highest BCUT2D eigenvalue weighted by molar-refractivity contribution is 5.99. The largest absolute Gasteiger partial charge is 0.328 e. The molecule has 5 nitrogen and oxygen atoms in total. The Morgan fingerprint density at radius 3 is 2.78 bits per heavy atom. The van der Waals surface area contributed by atoms with Crippen LogP contribution in [0.2, 0.25) is 0 Å². The lowest BCUT2D eigenvalue weighted by Gasteiger charge is -2.34. The van der Waals surface area contributed by atoms with Crippen LogP contribution in [0.3, 0.4) is 0 Å². The highest BCUT2D eigenvalue weighted by atomic mass is 16.1. The Morgan fingerprint density at radius 2 is 2.00 bits per heavy atom. The molecule has 0 saturated carbocycles. The van der Waals surface area contributed by atoms with E-state index in [4.69, 9.17) is 0 Å². The molecule has 2 aliphatic rings. The van der Waals surface area contributed by atoms with E-state index in [9.17, 15) is 4.79 Å². The maximum Gasteiger partial charge on any atom is 0.226 e. The van der Waals surface area contributed by atoms with Crippen molar-refractivity contribution < 1.29 is 4.79 Å². The summed E-state index contributed by atoms with van der Waals surface area (Å²) in [4.78, 5) is 17.3. The van der Waals surface area contributed by atoms with Crippen molar-refractivity contribution in [1.29, 1.82) is 0 Å². The van der Waals surface area contributed by atoms with Crippen molar-refractivity contribution in [2.24, 2.45) is 5.92 Å². The van der Waals surface area contributed by atoms with Crippen molar-refractivity contribution in [3.8, 4) is 0 Å². The van der Waals surface area contributed by atoms with Gasteiger partial charge in [-0.15, -0.1) is 0 Å². The number of nitrogens with zero attached hydrogens (tertiary/aromatic N) is 3. The number of aryl methyl sites for hydroxylation is 2. The van der Waals surface area contributed by atoms with Crippen LogP contribution < -0.4 is 5.32 Å². The first-order chi connectivity index (χ1) is 11.0. The third-order valence-corrected chi connectivity index (χ3v) is 4.71. The first-order valence-corrected chi connectivity index (χ1v) is 8.06. The number of fused-ring (bicyclic) bond motifs is 1. The van der Waals surface area contributed by atoms with Crippen LogP contribution in [0.25, 0.3) is 0 Å². The van der Waals surface area contributed by atoms with Crippen LogP contribution in [0.5, 0.6) is 0 Å². The van der Waals surface area contributed by atoms with Crippen molar-refractivity contribution in [3.05, 3.63) is 52.5 Å². The summed E-state index contributed by atoms with van der Waals surface area (Å²) in [5, 5.41) is 7.90. The van der Waals surface area contributed by atoms with Gasteiger partial charge in [-0.1, -0.05) is 31.2 Å². The quantitative estimate of drug-likeness (QED) is 0.879. The van der Waals surface area contributed by atoms with Crippen LogP contribution >= 0.6 is 0 Å². The van der Waals surface area contributed by atoms with Gasteiger partial charge >= 0.3 is 0 Å². The standard InChI is InChI=1S/C18H20N4O/c1-10-8-14-16(15(23)9-10)17(13-7-5-4-6-11(13)2)22-18(20-14)19-12(3)21-22/h4-7,10,17H,8-9H2,1-3H3,(H,19,20,21)/t10-,17+/m1/s1. The number of Topliss-reactive ketones (excluding diaryl/α,β-unsaturated/α-hetero) is 1. The summed E-state index contributed by atoms with van der Waals surface area (Å²) in [7, 11) is 0. The molecule has 1 N–H and O–H groups in total. The molecule has 5 heteroatoms. The van der Waals surface area contributed by atoms with E-state index in [-0.39, 0.29) is 11.8 Å². The van der Waals surface area contributed by atoms with Crippen LogP contribution in [0.15, 0.2) is 35.5 Å². The highest BCUT2D eigenvalue weighted by Crippen LogP contribution is 2.41. The molecule has 0 spiro atoms. The maximum atomic E-state index is 12.8. The lowest BCUT2D eigenvalue weighted by atomic mass is 9.80. The van der Waals surface area contributed by atoms with E-state index in [1.165, 1.54) is 0 Å². The summed E-state index contributed by atoms with van der Waals surface area (Å²) in [5.74, 6) is 2.03. The summed E-state index contributed by atoms with van der Waals surface area (Å²) >= 11 is 0. The average molecular weight is 308 g/mol. The Bertz CT molecular complexity index is 833. The molecule has 0 unspecified atom stereocenters. The van der Waals surface area contributed by atoms with Crippen molar-refractivity contribution in [2.75, 3.05) is 5.32 Å². The predicted molar refractivity (Wildman–Crippen MR) is 88.1 cm³/mol. The van der Waals surface area contributed by atoms with Gasteiger partial charge in [-0.2, -0.15) is 10.1 Å². The van der Waals surface area contributed by atoms with E-state index >= 15 is 0 Å². The molecule has 2 aromatic rings. The molecule has 0 radical (unpaired) electrons. The molecular weight excluding hydrogens is 288 g/mol. The summed E-state index contributed by atoms with van der Waals surface area (Å²) in [6.45, 7) is 6.08. The SMILES string of the molecule is Cc1nc2n(n1)[C@@H](c1ccccc1C)C1=C(C[C@@H](C)CC1=O)N2. The summed E-state index contributed by atoms with van der Waals surface area (Å²) in [5.41, 5.74) is 4.16. The number of ketones is 1. The van der Waals surface area contributed by atoms with Gasteiger partial charge in [0.15, 0.2) is 5.78 Å². The molecule has 4 rings (SSSR count). The van der Waals surface area contributed by atoms with E-state index < -0.39 is 0 Å². The number of allylic oxidation sites excluding steroid dienone is 2. The lowest BCUT2D eigenvalue weighted by molar-refractivity contribution is -0.117. The number of rotatable bonds is 1. The third-order valence-electron chi connectivity index (χ3n) is 4.71. The average Bonchev–Trinajstić information content (AvgIpc) is 2.85. The van der Waals surface area contributed by atoms with Crippen LogP contribution in [-0.4, -0.2) is 20.5 Å². The van der Waals surface area contributed by atoms with Gasteiger partial charge in [-0.05, 0) is 37.3 Å². The molecule has 1 aliphatic carbocycles. The number of carbonyl (C=O) groups is 1. The maximum absolute atomic E-state index is 12.8. The van der Waals surface area contributed by atoms with Crippen molar-refractivity contribution in [3.63, 3.8) is 0 Å². The Kier molecular flexibility index (Phi) is 3.11. The minimum Gasteiger partial charge on any atom is -0.328 e. The molecule has 0 fully saturated rings. The monoisotopic (exact) mass is 308 g/mol. The molecule has 118 valence electrons. The second kappa shape index (κ2) is 5.05. The minimum atomic E-state index is -0.177. The first kappa shape index (κ1) is 14.2. The molecule has 1 aromatic heterocycles. The fourth-order valence-corrected chi connectivity index (χ4v) is 3.69. The number of hydrogen-bond donors (Lipinski definition) is 1. The highest BCUT2D eigenvalue weighted by Gasteiger charge is 2.38. The Labute approximate surface area is 135 Å². The van der Waals surface area contributed by atoms with Crippen LogP contribution in [0.1, 0.15) is 42.8 Å². The van der Waals surface area contributed by atoms with E-state index in [1.807, 2.05) is 23.7 Å². The number of nitrogens with one attached hydrogen (secondary N) is 1. The van der Waals surface area contributed by atoms with Gasteiger partial charge in [0, 0.05) is 17.7 Å². The summed E-state index contributed by atoms with van der Waals surface area (Å²) in [6, 6.07) is 8.03. The van der Waals surface area contributed by atoms with Gasteiger partial charge < -0.3 is 5.32 Å². The predicted octanol–water partition coefficient (Wildman–Crippen LogP) is 3.16. The van der Waals surface area contributed by atoms with Gasteiger partial charge in [0.1, 0.15) is 11.9 Å².